The van der Waals surface area contributed by atoms with Crippen molar-refractivity contribution in [2.75, 3.05) is 7.05 Å². The average molecular weight is 552 g/mol. The lowest BCUT2D eigenvalue weighted by atomic mass is 10.1. The van der Waals surface area contributed by atoms with Crippen molar-refractivity contribution in [2.45, 2.75) is 38.7 Å². The summed E-state index contributed by atoms with van der Waals surface area (Å²) in [4.78, 5) is 4.05. The van der Waals surface area contributed by atoms with Crippen LogP contribution < -0.4 is 15.4 Å². The van der Waals surface area contributed by atoms with Crippen molar-refractivity contribution in [3.05, 3.63) is 70.8 Å². The van der Waals surface area contributed by atoms with Crippen LogP contribution in [0.5, 0.6) is 0 Å². The number of nitrogens with zero attached hydrogens (tertiary/aromatic N) is 1. The number of halogens is 3. The van der Waals surface area contributed by atoms with Crippen molar-refractivity contribution < 1.29 is 17.2 Å². The summed E-state index contributed by atoms with van der Waals surface area (Å²) in [6.45, 7) is 4.07. The van der Waals surface area contributed by atoms with E-state index in [1.54, 1.807) is 33.0 Å². The van der Waals surface area contributed by atoms with E-state index < -0.39 is 21.7 Å². The summed E-state index contributed by atoms with van der Waals surface area (Å²) in [5.74, 6) is -0.647. The zero-order valence-electron chi connectivity index (χ0n) is 17.1. The first kappa shape index (κ1) is 26.2. The third-order valence-corrected chi connectivity index (χ3v) is 5.48. The summed E-state index contributed by atoms with van der Waals surface area (Å²) < 4.78 is 53.4. The van der Waals surface area contributed by atoms with Gasteiger partial charge in [-0.1, -0.05) is 24.3 Å². The predicted molar refractivity (Wildman–Crippen MR) is 126 cm³/mol. The van der Waals surface area contributed by atoms with Crippen LogP contribution in [0.15, 0.2) is 47.5 Å². The molecule has 2 aromatic rings. The third kappa shape index (κ3) is 8.92. The van der Waals surface area contributed by atoms with Gasteiger partial charge in [0, 0.05) is 31.7 Å². The van der Waals surface area contributed by atoms with E-state index in [0.29, 0.717) is 18.1 Å². The number of aliphatic imine (C=N–C) groups is 1. The van der Waals surface area contributed by atoms with Gasteiger partial charge in [-0.15, -0.1) is 24.0 Å². The summed E-state index contributed by atoms with van der Waals surface area (Å²) >= 11 is 0. The van der Waals surface area contributed by atoms with Gasteiger partial charge in [0.2, 0.25) is 10.0 Å². The van der Waals surface area contributed by atoms with Crippen LogP contribution in [-0.2, 0) is 28.9 Å². The van der Waals surface area contributed by atoms with Gasteiger partial charge in [-0.25, -0.2) is 21.9 Å². The van der Waals surface area contributed by atoms with Gasteiger partial charge in [0.25, 0.3) is 0 Å². The van der Waals surface area contributed by atoms with Crippen molar-refractivity contribution in [3.63, 3.8) is 0 Å². The summed E-state index contributed by atoms with van der Waals surface area (Å²) in [5.41, 5.74) is 1.81. The highest BCUT2D eigenvalue weighted by molar-refractivity contribution is 14.0. The summed E-state index contributed by atoms with van der Waals surface area (Å²) in [5, 5.41) is 6.01. The Morgan fingerprint density at radius 1 is 1.00 bits per heavy atom. The fraction of sp³-hybridized carbons (Fsp3) is 0.350. The second-order valence-electron chi connectivity index (χ2n) is 6.86. The van der Waals surface area contributed by atoms with Crippen LogP contribution in [0.3, 0.4) is 0 Å². The molecule has 0 atom stereocenters. The van der Waals surface area contributed by atoms with Crippen LogP contribution in [0.2, 0.25) is 0 Å². The van der Waals surface area contributed by atoms with Crippen molar-refractivity contribution in [1.82, 2.24) is 15.4 Å². The Kier molecular flexibility index (Phi) is 10.6. The van der Waals surface area contributed by atoms with Crippen LogP contribution in [0, 0.1) is 11.6 Å². The number of nitrogens with one attached hydrogen (secondary N) is 3. The first-order valence-electron chi connectivity index (χ1n) is 9.15. The molecule has 0 spiro atoms. The van der Waals surface area contributed by atoms with Crippen LogP contribution >= 0.6 is 24.0 Å². The lowest BCUT2D eigenvalue weighted by molar-refractivity contribution is 0.569. The summed E-state index contributed by atoms with van der Waals surface area (Å²) in [7, 11) is -1.79. The Morgan fingerprint density at radius 2 is 1.60 bits per heavy atom. The van der Waals surface area contributed by atoms with Gasteiger partial charge in [0.05, 0.1) is 5.75 Å². The van der Waals surface area contributed by atoms with E-state index >= 15 is 0 Å². The smallest absolute Gasteiger partial charge is 0.216 e. The van der Waals surface area contributed by atoms with E-state index in [0.717, 1.165) is 23.8 Å². The van der Waals surface area contributed by atoms with Gasteiger partial charge in [-0.05, 0) is 43.2 Å². The summed E-state index contributed by atoms with van der Waals surface area (Å²) in [6, 6.07) is 10.3. The Bertz CT molecular complexity index is 952. The molecular weight excluding hydrogens is 525 g/mol. The molecule has 10 heteroatoms. The molecule has 6 nitrogen and oxygen atoms in total. The van der Waals surface area contributed by atoms with Gasteiger partial charge in [0.15, 0.2) is 5.96 Å². The van der Waals surface area contributed by atoms with E-state index in [1.807, 2.05) is 12.1 Å². The molecule has 0 amide bonds. The number of hydrogen-bond donors (Lipinski definition) is 3. The highest BCUT2D eigenvalue weighted by Crippen LogP contribution is 2.10. The quantitative estimate of drug-likeness (QED) is 0.267. The number of benzene rings is 2. The van der Waals surface area contributed by atoms with E-state index in [4.69, 9.17) is 0 Å². The maximum absolute atomic E-state index is 13.7. The molecule has 0 heterocycles. The second-order valence-corrected chi connectivity index (χ2v) is 8.62. The molecule has 2 aromatic carbocycles. The molecule has 2 rings (SSSR count). The maximum atomic E-state index is 13.7. The molecular formula is C20H27F2IN4O2S. The molecule has 0 unspecified atom stereocenters. The standard InChI is InChI=1S/C20H26F2N4O2S.HI/c1-14(2)26-29(27,28)13-16-6-4-15(5-7-16)11-24-20(23-3)25-12-17-10-18(21)8-9-19(17)22;/h4-10,14,26H,11-13H2,1-3H3,(H2,23,24,25);1H. The normalized spacial score (nSPS) is 11.9. The number of hydrogen-bond acceptors (Lipinski definition) is 3. The van der Waals surface area contributed by atoms with Gasteiger partial charge in [-0.3, -0.25) is 4.99 Å². The third-order valence-electron chi connectivity index (χ3n) is 3.93. The molecule has 166 valence electrons. The Balaban J connectivity index is 0.00000450. The minimum Gasteiger partial charge on any atom is -0.352 e. The predicted octanol–water partition coefficient (Wildman–Crippen LogP) is 3.28. The molecule has 0 aliphatic rings. The van der Waals surface area contributed by atoms with Crippen molar-refractivity contribution in [1.29, 1.82) is 0 Å². The topological polar surface area (TPSA) is 82.6 Å². The Hall–Kier alpha value is -1.79. The average Bonchev–Trinajstić information content (AvgIpc) is 2.64. The van der Waals surface area contributed by atoms with E-state index in [9.17, 15) is 17.2 Å². The zero-order valence-corrected chi connectivity index (χ0v) is 20.2. The number of rotatable bonds is 8. The molecule has 3 N–H and O–H groups in total. The van der Waals surface area contributed by atoms with Crippen molar-refractivity contribution in [2.24, 2.45) is 4.99 Å². The van der Waals surface area contributed by atoms with Crippen LogP contribution in [0.25, 0.3) is 0 Å². The van der Waals surface area contributed by atoms with Gasteiger partial charge in [-0.2, -0.15) is 0 Å². The molecule has 0 fully saturated rings. The SMILES string of the molecule is CN=C(NCc1ccc(CS(=O)(=O)NC(C)C)cc1)NCc1cc(F)ccc1F.I. The van der Waals surface area contributed by atoms with Gasteiger partial charge in [0.1, 0.15) is 11.6 Å². The Labute approximate surface area is 193 Å². The fourth-order valence-electron chi connectivity index (χ4n) is 2.64. The van der Waals surface area contributed by atoms with Crippen molar-refractivity contribution in [3.8, 4) is 0 Å². The fourth-order valence-corrected chi connectivity index (χ4v) is 4.07. The molecule has 0 saturated carbocycles. The molecule has 0 aliphatic heterocycles. The highest BCUT2D eigenvalue weighted by Gasteiger charge is 2.12. The molecule has 0 saturated heterocycles. The Morgan fingerprint density at radius 3 is 2.20 bits per heavy atom. The minimum absolute atomic E-state index is 0. The number of guanidine groups is 1. The van der Waals surface area contributed by atoms with Gasteiger partial charge < -0.3 is 10.6 Å². The molecule has 0 aromatic heterocycles. The lowest BCUT2D eigenvalue weighted by Crippen LogP contribution is -2.36. The molecule has 0 radical (unpaired) electrons. The summed E-state index contributed by atoms with van der Waals surface area (Å²) in [6.07, 6.45) is 0. The van der Waals surface area contributed by atoms with Crippen LogP contribution in [0.1, 0.15) is 30.5 Å². The molecule has 30 heavy (non-hydrogen) atoms. The number of sulfonamides is 1. The first-order chi connectivity index (χ1) is 13.7. The van der Waals surface area contributed by atoms with E-state index in [1.165, 1.54) is 0 Å². The van der Waals surface area contributed by atoms with Gasteiger partial charge >= 0.3 is 0 Å². The monoisotopic (exact) mass is 552 g/mol. The maximum Gasteiger partial charge on any atom is 0.216 e. The lowest BCUT2D eigenvalue weighted by Gasteiger charge is -2.13. The van der Waals surface area contributed by atoms with E-state index in [2.05, 4.69) is 20.3 Å². The first-order valence-corrected chi connectivity index (χ1v) is 10.8. The zero-order chi connectivity index (χ0) is 21.4. The largest absolute Gasteiger partial charge is 0.352 e. The molecule has 0 bridgehead atoms. The van der Waals surface area contributed by atoms with E-state index in [-0.39, 0.29) is 47.9 Å². The van der Waals surface area contributed by atoms with Crippen molar-refractivity contribution >= 4 is 40.0 Å². The molecule has 0 aliphatic carbocycles. The van der Waals surface area contributed by atoms with Crippen LogP contribution in [-0.4, -0.2) is 27.5 Å². The highest BCUT2D eigenvalue weighted by atomic mass is 127. The minimum atomic E-state index is -3.37. The second kappa shape index (κ2) is 12.2. The van der Waals surface area contributed by atoms with Crippen LogP contribution in [0.4, 0.5) is 8.78 Å².